The molecule has 1 saturated heterocycles. The Bertz CT molecular complexity index is 1450. The predicted molar refractivity (Wildman–Crippen MR) is 132 cm³/mol. The summed E-state index contributed by atoms with van der Waals surface area (Å²) in [4.78, 5) is 22.5. The Labute approximate surface area is 209 Å². The largest absolute Gasteiger partial charge is 0.434 e. The highest BCUT2D eigenvalue weighted by atomic mass is 19.4. The van der Waals surface area contributed by atoms with Crippen molar-refractivity contribution in [1.82, 2.24) is 29.8 Å². The van der Waals surface area contributed by atoms with E-state index in [1.807, 2.05) is 13.0 Å². The highest BCUT2D eigenvalue weighted by molar-refractivity contribution is 5.98. The predicted octanol–water partition coefficient (Wildman–Crippen LogP) is 4.05. The minimum absolute atomic E-state index is 0.0386. The molecule has 0 unspecified atom stereocenters. The number of amides is 1. The van der Waals surface area contributed by atoms with Gasteiger partial charge < -0.3 is 15.5 Å². The van der Waals surface area contributed by atoms with Crippen molar-refractivity contribution in [2.75, 3.05) is 28.6 Å². The molecular formula is C24H24F3N9O. The number of hydrogen-bond donors (Lipinski definition) is 3. The van der Waals surface area contributed by atoms with E-state index >= 15 is 0 Å². The van der Waals surface area contributed by atoms with Crippen LogP contribution in [0.15, 0.2) is 49.4 Å². The molecule has 0 radical (unpaired) electrons. The van der Waals surface area contributed by atoms with Crippen molar-refractivity contribution in [2.45, 2.75) is 32.0 Å². The monoisotopic (exact) mass is 511 g/mol. The number of carbonyl (C=O) groups excluding carboxylic acids is 1. The number of nitrogens with zero attached hydrogens (tertiary/aromatic N) is 6. The first-order valence-electron chi connectivity index (χ1n) is 11.6. The summed E-state index contributed by atoms with van der Waals surface area (Å²) in [6.07, 6.45) is 2.50. The number of halogens is 3. The number of rotatable bonds is 6. The second-order valence-corrected chi connectivity index (χ2v) is 8.77. The topological polar surface area (TPSA) is 116 Å². The van der Waals surface area contributed by atoms with Crippen LogP contribution in [0.1, 0.15) is 24.1 Å². The standard InChI is InChI=1S/C24H24F3N9O/c1-3-20(37)31-17-9-14(2)22(28-12-17)35-8-4-5-16(13-35)32-23-33-19-7-6-18(15-10-29-30-11-15)21(24(25,26)27)36(19)34-23/h3,6-7,9-12,16H,1,4-5,8,13H2,2H3,(H,29,30)(H,31,37)(H,32,34)/t16-/m1/s1. The minimum atomic E-state index is -4.65. The van der Waals surface area contributed by atoms with Gasteiger partial charge in [-0.25, -0.2) is 9.50 Å². The number of aromatic nitrogens is 6. The minimum Gasteiger partial charge on any atom is -0.354 e. The molecule has 1 atom stereocenters. The first-order valence-corrected chi connectivity index (χ1v) is 11.6. The summed E-state index contributed by atoms with van der Waals surface area (Å²) < 4.78 is 43.0. The second kappa shape index (κ2) is 9.56. The smallest absolute Gasteiger partial charge is 0.354 e. The van der Waals surface area contributed by atoms with E-state index in [-0.39, 0.29) is 29.1 Å². The van der Waals surface area contributed by atoms with Gasteiger partial charge in [0.15, 0.2) is 11.3 Å². The Kier molecular flexibility index (Phi) is 6.27. The summed E-state index contributed by atoms with van der Waals surface area (Å²) in [6, 6.07) is 4.61. The van der Waals surface area contributed by atoms with Crippen LogP contribution >= 0.6 is 0 Å². The molecule has 13 heteroatoms. The number of carbonyl (C=O) groups is 1. The summed E-state index contributed by atoms with van der Waals surface area (Å²) in [5.41, 5.74) is 0.894. The van der Waals surface area contributed by atoms with Crippen molar-refractivity contribution in [3.8, 4) is 11.1 Å². The molecule has 192 valence electrons. The zero-order valence-electron chi connectivity index (χ0n) is 19.9. The fourth-order valence-corrected chi connectivity index (χ4v) is 4.54. The van der Waals surface area contributed by atoms with E-state index in [1.54, 1.807) is 6.20 Å². The van der Waals surface area contributed by atoms with Gasteiger partial charge in [-0.15, -0.1) is 5.10 Å². The fourth-order valence-electron chi connectivity index (χ4n) is 4.54. The third-order valence-electron chi connectivity index (χ3n) is 6.13. The van der Waals surface area contributed by atoms with Crippen molar-refractivity contribution >= 4 is 29.0 Å². The van der Waals surface area contributed by atoms with Gasteiger partial charge in [0.05, 0.1) is 18.1 Å². The molecule has 1 fully saturated rings. The van der Waals surface area contributed by atoms with Gasteiger partial charge in [-0.3, -0.25) is 9.89 Å². The fraction of sp³-hybridized carbons (Fsp3) is 0.292. The maximum Gasteiger partial charge on any atom is 0.434 e. The Morgan fingerprint density at radius 2 is 2.14 bits per heavy atom. The lowest BCUT2D eigenvalue weighted by Crippen LogP contribution is -2.43. The van der Waals surface area contributed by atoms with Gasteiger partial charge in [-0.1, -0.05) is 6.58 Å². The number of fused-ring (bicyclic) bond motifs is 1. The summed E-state index contributed by atoms with van der Waals surface area (Å²) >= 11 is 0. The normalized spacial score (nSPS) is 16.1. The molecule has 0 saturated carbocycles. The number of aryl methyl sites for hydroxylation is 1. The quantitative estimate of drug-likeness (QED) is 0.335. The molecule has 1 aliphatic rings. The van der Waals surface area contributed by atoms with E-state index in [2.05, 4.69) is 47.4 Å². The first-order chi connectivity index (χ1) is 17.7. The molecule has 4 aromatic heterocycles. The van der Waals surface area contributed by atoms with Gasteiger partial charge in [0.25, 0.3) is 0 Å². The molecule has 5 rings (SSSR count). The third kappa shape index (κ3) is 4.97. The number of hydrogen-bond acceptors (Lipinski definition) is 7. The number of pyridine rings is 2. The lowest BCUT2D eigenvalue weighted by atomic mass is 10.1. The van der Waals surface area contributed by atoms with Crippen molar-refractivity contribution in [2.24, 2.45) is 0 Å². The molecule has 0 spiro atoms. The van der Waals surface area contributed by atoms with Crippen LogP contribution in [0.5, 0.6) is 0 Å². The van der Waals surface area contributed by atoms with Crippen molar-refractivity contribution < 1.29 is 18.0 Å². The zero-order chi connectivity index (χ0) is 26.2. The van der Waals surface area contributed by atoms with Gasteiger partial charge in [-0.05, 0) is 49.6 Å². The summed E-state index contributed by atoms with van der Waals surface area (Å²) in [5, 5.41) is 16.4. The molecule has 3 N–H and O–H groups in total. The van der Waals surface area contributed by atoms with Gasteiger partial charge in [0.1, 0.15) is 5.82 Å². The molecule has 0 bridgehead atoms. The Morgan fingerprint density at radius 3 is 2.84 bits per heavy atom. The van der Waals surface area contributed by atoms with Gasteiger partial charge in [0, 0.05) is 36.5 Å². The van der Waals surface area contributed by atoms with Gasteiger partial charge in [-0.2, -0.15) is 23.3 Å². The summed E-state index contributed by atoms with van der Waals surface area (Å²) in [6.45, 7) is 6.68. The van der Waals surface area contributed by atoms with Crippen LogP contribution in [0.2, 0.25) is 0 Å². The molecule has 37 heavy (non-hydrogen) atoms. The molecule has 10 nitrogen and oxygen atoms in total. The van der Waals surface area contributed by atoms with E-state index in [9.17, 15) is 18.0 Å². The van der Waals surface area contributed by atoms with Crippen LogP contribution in [0.25, 0.3) is 16.8 Å². The van der Waals surface area contributed by atoms with Gasteiger partial charge in [0.2, 0.25) is 11.9 Å². The molecule has 1 amide bonds. The Hall–Kier alpha value is -4.42. The van der Waals surface area contributed by atoms with Crippen LogP contribution in [-0.4, -0.2) is 54.8 Å². The molecule has 0 aromatic carbocycles. The molecule has 1 aliphatic heterocycles. The summed E-state index contributed by atoms with van der Waals surface area (Å²) in [5.74, 6) is 0.575. The Balaban J connectivity index is 1.37. The average molecular weight is 512 g/mol. The molecular weight excluding hydrogens is 487 g/mol. The lowest BCUT2D eigenvalue weighted by molar-refractivity contribution is -0.142. The van der Waals surface area contributed by atoms with E-state index in [4.69, 9.17) is 0 Å². The van der Waals surface area contributed by atoms with Crippen LogP contribution in [0, 0.1) is 6.92 Å². The number of piperidine rings is 1. The highest BCUT2D eigenvalue weighted by Gasteiger charge is 2.38. The zero-order valence-corrected chi connectivity index (χ0v) is 19.9. The van der Waals surface area contributed by atoms with Crippen LogP contribution in [0.3, 0.4) is 0 Å². The van der Waals surface area contributed by atoms with E-state index in [0.717, 1.165) is 35.3 Å². The Morgan fingerprint density at radius 1 is 1.30 bits per heavy atom. The lowest BCUT2D eigenvalue weighted by Gasteiger charge is -2.34. The van der Waals surface area contributed by atoms with E-state index in [0.29, 0.717) is 17.8 Å². The van der Waals surface area contributed by atoms with E-state index < -0.39 is 11.9 Å². The molecule has 5 heterocycles. The number of aromatic amines is 1. The van der Waals surface area contributed by atoms with E-state index in [1.165, 1.54) is 30.6 Å². The SMILES string of the molecule is C=CC(=O)Nc1cnc(N2CCC[C@@H](Nc3nc4ccc(-c5cn[nH]c5)c(C(F)(F)F)n4n3)C2)c(C)c1. The number of alkyl halides is 3. The molecule has 4 aromatic rings. The molecule has 0 aliphatic carbocycles. The maximum atomic E-state index is 14.1. The number of H-pyrrole nitrogens is 1. The average Bonchev–Trinajstić information content (AvgIpc) is 3.52. The van der Waals surface area contributed by atoms with Crippen molar-refractivity contribution in [3.63, 3.8) is 0 Å². The van der Waals surface area contributed by atoms with Gasteiger partial charge >= 0.3 is 6.18 Å². The maximum absolute atomic E-state index is 14.1. The first kappa shape index (κ1) is 24.3. The van der Waals surface area contributed by atoms with Crippen LogP contribution in [-0.2, 0) is 11.0 Å². The van der Waals surface area contributed by atoms with Crippen molar-refractivity contribution in [3.05, 3.63) is 60.7 Å². The van der Waals surface area contributed by atoms with Crippen LogP contribution in [0.4, 0.5) is 30.6 Å². The van der Waals surface area contributed by atoms with Crippen LogP contribution < -0.4 is 15.5 Å². The summed E-state index contributed by atoms with van der Waals surface area (Å²) in [7, 11) is 0. The van der Waals surface area contributed by atoms with Crippen molar-refractivity contribution in [1.29, 1.82) is 0 Å². The number of nitrogens with one attached hydrogen (secondary N) is 3. The third-order valence-corrected chi connectivity index (χ3v) is 6.13. The second-order valence-electron chi connectivity index (χ2n) is 8.77. The number of anilines is 3. The highest BCUT2D eigenvalue weighted by Crippen LogP contribution is 2.37.